The highest BCUT2D eigenvalue weighted by Gasteiger charge is 2.24. The van der Waals surface area contributed by atoms with E-state index in [1.807, 2.05) is 19.2 Å². The summed E-state index contributed by atoms with van der Waals surface area (Å²) < 4.78 is 5.13. The molecule has 5 heteroatoms. The van der Waals surface area contributed by atoms with Crippen molar-refractivity contribution in [3.8, 4) is 0 Å². The van der Waals surface area contributed by atoms with E-state index in [2.05, 4.69) is 27.2 Å². The smallest absolute Gasteiger partial charge is 0.133 e. The van der Waals surface area contributed by atoms with Crippen molar-refractivity contribution in [2.75, 3.05) is 13.1 Å². The molecule has 2 aromatic heterocycles. The molecule has 0 saturated carbocycles. The van der Waals surface area contributed by atoms with Gasteiger partial charge in [-0.15, -0.1) is 0 Å². The van der Waals surface area contributed by atoms with Gasteiger partial charge >= 0.3 is 0 Å². The van der Waals surface area contributed by atoms with Crippen molar-refractivity contribution < 1.29 is 4.52 Å². The number of aromatic nitrogens is 3. The van der Waals surface area contributed by atoms with E-state index in [9.17, 15) is 0 Å². The lowest BCUT2D eigenvalue weighted by Gasteiger charge is -2.31. The molecule has 5 nitrogen and oxygen atoms in total. The van der Waals surface area contributed by atoms with Crippen molar-refractivity contribution in [3.05, 3.63) is 35.0 Å². The summed E-state index contributed by atoms with van der Waals surface area (Å²) in [7, 11) is 0. The Balaban J connectivity index is 1.66. The summed E-state index contributed by atoms with van der Waals surface area (Å²) in [5.74, 6) is 1.44. The van der Waals surface area contributed by atoms with E-state index in [1.54, 1.807) is 0 Å². The van der Waals surface area contributed by atoms with Crippen LogP contribution in [0, 0.1) is 13.8 Å². The molecule has 0 aromatic carbocycles. The van der Waals surface area contributed by atoms with Crippen LogP contribution in [-0.4, -0.2) is 33.3 Å². The molecule has 0 amide bonds. The second-order valence-corrected chi connectivity index (χ2v) is 5.47. The second kappa shape index (κ2) is 5.17. The largest absolute Gasteiger partial charge is 0.361 e. The number of nitrogens with zero attached hydrogens (tertiary/aromatic N) is 3. The summed E-state index contributed by atoms with van der Waals surface area (Å²) >= 11 is 0. The Morgan fingerprint density at radius 3 is 3.05 bits per heavy atom. The van der Waals surface area contributed by atoms with E-state index in [0.717, 1.165) is 31.1 Å². The van der Waals surface area contributed by atoms with Crippen LogP contribution in [0.5, 0.6) is 0 Å². The van der Waals surface area contributed by atoms with Crippen LogP contribution in [0.25, 0.3) is 0 Å². The van der Waals surface area contributed by atoms with Gasteiger partial charge in [0.15, 0.2) is 0 Å². The van der Waals surface area contributed by atoms with E-state index in [-0.39, 0.29) is 0 Å². The minimum atomic E-state index is 0.559. The lowest BCUT2D eigenvalue weighted by molar-refractivity contribution is 0.193. The van der Waals surface area contributed by atoms with Crippen LogP contribution < -0.4 is 0 Å². The molecule has 0 bridgehead atoms. The van der Waals surface area contributed by atoms with Gasteiger partial charge in [0.1, 0.15) is 5.76 Å². The Hall–Kier alpha value is -1.62. The van der Waals surface area contributed by atoms with Gasteiger partial charge in [-0.25, -0.2) is 0 Å². The number of H-pyrrole nitrogens is 1. The first kappa shape index (κ1) is 12.4. The van der Waals surface area contributed by atoms with E-state index in [1.165, 1.54) is 24.1 Å². The highest BCUT2D eigenvalue weighted by atomic mass is 16.5. The molecule has 0 spiro atoms. The summed E-state index contributed by atoms with van der Waals surface area (Å²) in [6.45, 7) is 7.13. The molecule has 1 atom stereocenters. The van der Waals surface area contributed by atoms with Gasteiger partial charge in [-0.2, -0.15) is 5.10 Å². The van der Waals surface area contributed by atoms with Crippen LogP contribution in [-0.2, 0) is 6.54 Å². The lowest BCUT2D eigenvalue weighted by atomic mass is 9.93. The number of piperidine rings is 1. The minimum absolute atomic E-state index is 0.559. The number of hydrogen-bond donors (Lipinski definition) is 1. The quantitative estimate of drug-likeness (QED) is 0.920. The third kappa shape index (κ3) is 2.71. The summed E-state index contributed by atoms with van der Waals surface area (Å²) in [5, 5.41) is 11.4. The molecule has 0 unspecified atom stereocenters. The topological polar surface area (TPSA) is 58.0 Å². The number of hydrogen-bond acceptors (Lipinski definition) is 4. The zero-order valence-electron chi connectivity index (χ0n) is 11.5. The van der Waals surface area contributed by atoms with Crippen molar-refractivity contribution in [2.45, 2.75) is 39.2 Å². The molecule has 0 aliphatic carbocycles. The normalized spacial score (nSPS) is 20.8. The SMILES string of the molecule is Cc1cc(CN2CCC[C@@H](c3[nH]ncc3C)C2)no1. The number of aromatic amines is 1. The summed E-state index contributed by atoms with van der Waals surface area (Å²) in [6.07, 6.45) is 4.37. The summed E-state index contributed by atoms with van der Waals surface area (Å²) in [5.41, 5.74) is 3.59. The van der Waals surface area contributed by atoms with Crippen molar-refractivity contribution in [1.29, 1.82) is 0 Å². The second-order valence-electron chi connectivity index (χ2n) is 5.47. The minimum Gasteiger partial charge on any atom is -0.361 e. The predicted molar refractivity (Wildman–Crippen MR) is 71.8 cm³/mol. The lowest BCUT2D eigenvalue weighted by Crippen LogP contribution is -2.34. The maximum Gasteiger partial charge on any atom is 0.133 e. The Morgan fingerprint density at radius 2 is 2.37 bits per heavy atom. The zero-order chi connectivity index (χ0) is 13.2. The summed E-state index contributed by atoms with van der Waals surface area (Å²) in [6, 6.07) is 2.02. The molecule has 3 heterocycles. The average Bonchev–Trinajstić information content (AvgIpc) is 2.99. The standard InChI is InChI=1S/C14H20N4O/c1-10-7-15-16-14(10)12-4-3-5-18(8-12)9-13-6-11(2)19-17-13/h6-7,12H,3-5,8-9H2,1-2H3,(H,15,16)/t12-/m1/s1. The highest BCUT2D eigenvalue weighted by Crippen LogP contribution is 2.28. The molecule has 1 N–H and O–H groups in total. The molecular weight excluding hydrogens is 240 g/mol. The number of nitrogens with one attached hydrogen (secondary N) is 1. The molecule has 102 valence electrons. The number of likely N-dealkylation sites (tertiary alicyclic amines) is 1. The van der Waals surface area contributed by atoms with Gasteiger partial charge in [0, 0.05) is 30.8 Å². The van der Waals surface area contributed by atoms with Crippen LogP contribution in [0.3, 0.4) is 0 Å². The molecule has 1 aliphatic rings. The van der Waals surface area contributed by atoms with E-state index >= 15 is 0 Å². The first-order valence-corrected chi connectivity index (χ1v) is 6.87. The average molecular weight is 260 g/mol. The zero-order valence-corrected chi connectivity index (χ0v) is 11.5. The highest BCUT2D eigenvalue weighted by molar-refractivity contribution is 5.19. The Kier molecular flexibility index (Phi) is 3.38. The molecule has 0 radical (unpaired) electrons. The maximum absolute atomic E-state index is 5.13. The van der Waals surface area contributed by atoms with Gasteiger partial charge in [0.2, 0.25) is 0 Å². The number of aryl methyl sites for hydroxylation is 2. The van der Waals surface area contributed by atoms with Gasteiger partial charge in [-0.3, -0.25) is 10.00 Å². The molecule has 1 saturated heterocycles. The molecule has 3 rings (SSSR count). The number of rotatable bonds is 3. The third-order valence-electron chi connectivity index (χ3n) is 3.84. The van der Waals surface area contributed by atoms with Crippen molar-refractivity contribution in [2.24, 2.45) is 0 Å². The van der Waals surface area contributed by atoms with Gasteiger partial charge in [-0.1, -0.05) is 5.16 Å². The van der Waals surface area contributed by atoms with Crippen LogP contribution >= 0.6 is 0 Å². The first-order chi connectivity index (χ1) is 9.22. The molecule has 2 aromatic rings. The van der Waals surface area contributed by atoms with Crippen molar-refractivity contribution in [1.82, 2.24) is 20.3 Å². The van der Waals surface area contributed by atoms with Gasteiger partial charge < -0.3 is 4.52 Å². The van der Waals surface area contributed by atoms with Gasteiger partial charge in [0.05, 0.1) is 11.9 Å². The Morgan fingerprint density at radius 1 is 1.47 bits per heavy atom. The van der Waals surface area contributed by atoms with Crippen LogP contribution in [0.15, 0.2) is 16.8 Å². The fraction of sp³-hybridized carbons (Fsp3) is 0.571. The van der Waals surface area contributed by atoms with Crippen LogP contribution in [0.2, 0.25) is 0 Å². The Labute approximate surface area is 113 Å². The Bertz CT molecular complexity index is 545. The first-order valence-electron chi connectivity index (χ1n) is 6.87. The summed E-state index contributed by atoms with van der Waals surface area (Å²) in [4.78, 5) is 2.45. The molecule has 1 aliphatic heterocycles. The maximum atomic E-state index is 5.13. The van der Waals surface area contributed by atoms with Crippen molar-refractivity contribution >= 4 is 0 Å². The molecular formula is C14H20N4O. The van der Waals surface area contributed by atoms with Gasteiger partial charge in [-0.05, 0) is 38.8 Å². The van der Waals surface area contributed by atoms with Crippen LogP contribution in [0.1, 0.15) is 41.5 Å². The molecule has 1 fully saturated rings. The fourth-order valence-corrected chi connectivity index (χ4v) is 2.93. The fourth-order valence-electron chi connectivity index (χ4n) is 2.93. The van der Waals surface area contributed by atoms with E-state index < -0.39 is 0 Å². The van der Waals surface area contributed by atoms with E-state index in [4.69, 9.17) is 4.52 Å². The van der Waals surface area contributed by atoms with Gasteiger partial charge in [0.25, 0.3) is 0 Å². The molecule has 19 heavy (non-hydrogen) atoms. The van der Waals surface area contributed by atoms with Crippen LogP contribution in [0.4, 0.5) is 0 Å². The van der Waals surface area contributed by atoms with E-state index in [0.29, 0.717) is 5.92 Å². The van der Waals surface area contributed by atoms with Crippen molar-refractivity contribution in [3.63, 3.8) is 0 Å². The monoisotopic (exact) mass is 260 g/mol. The predicted octanol–water partition coefficient (Wildman–Crippen LogP) is 2.39. The third-order valence-corrected chi connectivity index (χ3v) is 3.84.